The molecule has 3 aromatic carbocycles. The molecule has 0 fully saturated rings. The van der Waals surface area contributed by atoms with Crippen LogP contribution < -0.4 is 9.47 Å². The van der Waals surface area contributed by atoms with Crippen LogP contribution in [0.5, 0.6) is 11.5 Å². The van der Waals surface area contributed by atoms with Crippen LogP contribution in [0.15, 0.2) is 91.3 Å². The molecule has 6 heteroatoms. The van der Waals surface area contributed by atoms with Crippen molar-refractivity contribution in [3.8, 4) is 11.5 Å². The third-order valence-corrected chi connectivity index (χ3v) is 5.10. The standard InChI is InChI=1S/C26H22N4O2/c1-2-7-25-21(6-1)8-9-22(29-25)17-32-24-12-10-23(11-13-24)31-16-20-5-3-4-19(14-20)15-26-27-18-28-30-26/h1-14,18H,15-17H2,(H,27,28,30). The number of ether oxygens (including phenoxy) is 2. The van der Waals surface area contributed by atoms with E-state index in [1.807, 2.05) is 54.6 Å². The van der Waals surface area contributed by atoms with Crippen molar-refractivity contribution in [2.24, 2.45) is 0 Å². The van der Waals surface area contributed by atoms with Crippen molar-refractivity contribution >= 4 is 10.9 Å². The summed E-state index contributed by atoms with van der Waals surface area (Å²) in [6.45, 7) is 0.911. The first-order valence-electron chi connectivity index (χ1n) is 10.4. The molecule has 6 nitrogen and oxygen atoms in total. The number of pyridine rings is 1. The summed E-state index contributed by atoms with van der Waals surface area (Å²) in [4.78, 5) is 8.82. The number of hydrogen-bond donors (Lipinski definition) is 1. The van der Waals surface area contributed by atoms with Gasteiger partial charge in [0.2, 0.25) is 0 Å². The lowest BCUT2D eigenvalue weighted by Crippen LogP contribution is -1.99. The summed E-state index contributed by atoms with van der Waals surface area (Å²) >= 11 is 0. The average Bonchev–Trinajstić information content (AvgIpc) is 3.35. The van der Waals surface area contributed by atoms with Gasteiger partial charge in [-0.1, -0.05) is 48.5 Å². The number of aromatic amines is 1. The SMILES string of the molecule is c1cc(COc2ccc(OCc3ccc4ccccc4n3)cc2)cc(Cc2ncn[nH]2)c1. The molecular weight excluding hydrogens is 400 g/mol. The van der Waals surface area contributed by atoms with Crippen molar-refractivity contribution in [3.63, 3.8) is 0 Å². The zero-order valence-corrected chi connectivity index (χ0v) is 17.4. The van der Waals surface area contributed by atoms with Crippen molar-refractivity contribution in [1.29, 1.82) is 0 Å². The van der Waals surface area contributed by atoms with Gasteiger partial charge in [0, 0.05) is 11.8 Å². The first kappa shape index (κ1) is 19.8. The fraction of sp³-hybridized carbons (Fsp3) is 0.115. The van der Waals surface area contributed by atoms with Gasteiger partial charge in [-0.3, -0.25) is 5.10 Å². The van der Waals surface area contributed by atoms with E-state index in [1.165, 1.54) is 6.33 Å². The zero-order valence-electron chi connectivity index (χ0n) is 17.4. The van der Waals surface area contributed by atoms with Crippen LogP contribution in [0.1, 0.15) is 22.6 Å². The molecular formula is C26H22N4O2. The smallest absolute Gasteiger partial charge is 0.137 e. The number of hydrogen-bond acceptors (Lipinski definition) is 5. The molecule has 5 aromatic rings. The van der Waals surface area contributed by atoms with Crippen molar-refractivity contribution in [2.45, 2.75) is 19.6 Å². The van der Waals surface area contributed by atoms with E-state index in [0.717, 1.165) is 45.0 Å². The Balaban J connectivity index is 1.15. The highest BCUT2D eigenvalue weighted by atomic mass is 16.5. The first-order valence-corrected chi connectivity index (χ1v) is 10.4. The molecule has 0 saturated heterocycles. The minimum atomic E-state index is 0.420. The molecule has 2 heterocycles. The lowest BCUT2D eigenvalue weighted by atomic mass is 10.1. The molecule has 5 rings (SSSR count). The Morgan fingerprint density at radius 2 is 1.50 bits per heavy atom. The molecule has 0 spiro atoms. The molecule has 1 N–H and O–H groups in total. The summed E-state index contributed by atoms with van der Waals surface area (Å²) in [6.07, 6.45) is 2.24. The molecule has 0 saturated carbocycles. The third-order valence-electron chi connectivity index (χ3n) is 5.10. The van der Waals surface area contributed by atoms with Gasteiger partial charge in [0.1, 0.15) is 36.9 Å². The van der Waals surface area contributed by atoms with Crippen LogP contribution in [0.2, 0.25) is 0 Å². The number of nitrogens with zero attached hydrogens (tertiary/aromatic N) is 3. The van der Waals surface area contributed by atoms with Gasteiger partial charge >= 0.3 is 0 Å². The van der Waals surface area contributed by atoms with E-state index >= 15 is 0 Å². The van der Waals surface area contributed by atoms with Crippen LogP contribution in [0.25, 0.3) is 10.9 Å². The highest BCUT2D eigenvalue weighted by Gasteiger charge is 2.03. The quantitative estimate of drug-likeness (QED) is 0.377. The van der Waals surface area contributed by atoms with Gasteiger partial charge in [0.25, 0.3) is 0 Å². The van der Waals surface area contributed by atoms with Crippen LogP contribution >= 0.6 is 0 Å². The van der Waals surface area contributed by atoms with E-state index in [9.17, 15) is 0 Å². The van der Waals surface area contributed by atoms with Gasteiger partial charge in [-0.2, -0.15) is 5.10 Å². The second-order valence-electron chi connectivity index (χ2n) is 7.47. The Morgan fingerprint density at radius 1 is 0.719 bits per heavy atom. The number of fused-ring (bicyclic) bond motifs is 1. The Bertz CT molecular complexity index is 1300. The minimum absolute atomic E-state index is 0.420. The van der Waals surface area contributed by atoms with E-state index < -0.39 is 0 Å². The second kappa shape index (κ2) is 9.31. The topological polar surface area (TPSA) is 72.9 Å². The second-order valence-corrected chi connectivity index (χ2v) is 7.47. The monoisotopic (exact) mass is 422 g/mol. The summed E-state index contributed by atoms with van der Waals surface area (Å²) < 4.78 is 11.8. The molecule has 32 heavy (non-hydrogen) atoms. The van der Waals surface area contributed by atoms with E-state index in [1.54, 1.807) is 0 Å². The maximum atomic E-state index is 5.94. The van der Waals surface area contributed by atoms with E-state index in [0.29, 0.717) is 19.6 Å². The average molecular weight is 422 g/mol. The number of para-hydroxylation sites is 1. The summed E-state index contributed by atoms with van der Waals surface area (Å²) in [7, 11) is 0. The van der Waals surface area contributed by atoms with Gasteiger partial charge in [0.15, 0.2) is 0 Å². The summed E-state index contributed by atoms with van der Waals surface area (Å²) in [6, 6.07) is 28.1. The maximum Gasteiger partial charge on any atom is 0.137 e. The molecule has 0 aliphatic rings. The van der Waals surface area contributed by atoms with Gasteiger partial charge in [-0.05, 0) is 47.5 Å². The fourth-order valence-electron chi connectivity index (χ4n) is 3.48. The first-order chi connectivity index (χ1) is 15.8. The van der Waals surface area contributed by atoms with Crippen molar-refractivity contribution in [2.75, 3.05) is 0 Å². The summed E-state index contributed by atoms with van der Waals surface area (Å²) in [5.41, 5.74) is 4.13. The van der Waals surface area contributed by atoms with E-state index in [-0.39, 0.29) is 0 Å². The molecule has 2 aromatic heterocycles. The van der Waals surface area contributed by atoms with Crippen molar-refractivity contribution in [3.05, 3.63) is 114 Å². The molecule has 0 aliphatic carbocycles. The molecule has 0 radical (unpaired) electrons. The number of benzene rings is 3. The normalized spacial score (nSPS) is 10.9. The molecule has 0 aliphatic heterocycles. The molecule has 0 unspecified atom stereocenters. The Kier molecular flexibility index (Phi) is 5.74. The number of aromatic nitrogens is 4. The van der Waals surface area contributed by atoms with E-state index in [4.69, 9.17) is 9.47 Å². The lowest BCUT2D eigenvalue weighted by Gasteiger charge is -2.10. The summed E-state index contributed by atoms with van der Waals surface area (Å²) in [5.74, 6) is 2.42. The van der Waals surface area contributed by atoms with Crippen molar-refractivity contribution in [1.82, 2.24) is 20.2 Å². The lowest BCUT2D eigenvalue weighted by molar-refractivity contribution is 0.295. The van der Waals surface area contributed by atoms with Crippen molar-refractivity contribution < 1.29 is 9.47 Å². The fourth-order valence-corrected chi connectivity index (χ4v) is 3.48. The van der Waals surface area contributed by atoms with Crippen LogP contribution in [0.3, 0.4) is 0 Å². The molecule has 0 amide bonds. The van der Waals surface area contributed by atoms with Crippen LogP contribution in [0, 0.1) is 0 Å². The van der Waals surface area contributed by atoms with Crippen LogP contribution in [-0.2, 0) is 19.6 Å². The van der Waals surface area contributed by atoms with E-state index in [2.05, 4.69) is 50.5 Å². The summed E-state index contributed by atoms with van der Waals surface area (Å²) in [5, 5.41) is 7.91. The number of nitrogens with one attached hydrogen (secondary N) is 1. The predicted octanol–water partition coefficient (Wildman–Crippen LogP) is 5.10. The zero-order chi connectivity index (χ0) is 21.6. The van der Waals surface area contributed by atoms with Crippen LogP contribution in [0.4, 0.5) is 0 Å². The number of rotatable bonds is 8. The Hall–Kier alpha value is -4.19. The molecule has 0 atom stereocenters. The van der Waals surface area contributed by atoms with Gasteiger partial charge in [-0.25, -0.2) is 9.97 Å². The largest absolute Gasteiger partial charge is 0.489 e. The highest BCUT2D eigenvalue weighted by Crippen LogP contribution is 2.20. The Morgan fingerprint density at radius 3 is 2.31 bits per heavy atom. The van der Waals surface area contributed by atoms with Gasteiger partial charge in [0.05, 0.1) is 11.2 Å². The molecule has 158 valence electrons. The highest BCUT2D eigenvalue weighted by molar-refractivity contribution is 5.78. The van der Waals surface area contributed by atoms with Gasteiger partial charge in [-0.15, -0.1) is 0 Å². The Labute approximate surface area is 185 Å². The number of H-pyrrole nitrogens is 1. The molecule has 0 bridgehead atoms. The van der Waals surface area contributed by atoms with Crippen LogP contribution in [-0.4, -0.2) is 20.2 Å². The predicted molar refractivity (Wildman–Crippen MR) is 122 cm³/mol. The minimum Gasteiger partial charge on any atom is -0.489 e. The third kappa shape index (κ3) is 4.92. The maximum absolute atomic E-state index is 5.94. The van der Waals surface area contributed by atoms with Gasteiger partial charge < -0.3 is 9.47 Å².